The molecule has 1 aromatic rings. The smallest absolute Gasteiger partial charge is 0.379 e. The Hall–Kier alpha value is -1.03. The van der Waals surface area contributed by atoms with E-state index in [9.17, 15) is 13.2 Å². The zero-order valence-corrected chi connectivity index (χ0v) is 6.05. The van der Waals surface area contributed by atoms with Crippen LogP contribution >= 0.6 is 0 Å². The molecule has 0 aliphatic heterocycles. The fraction of sp³-hybridized carbons (Fsp3) is 0.250. The molecular weight excluding hydrogens is 169 g/mol. The molecule has 0 bridgehead atoms. The van der Waals surface area contributed by atoms with Gasteiger partial charge in [0.15, 0.2) is 6.10 Å². The molecular formula is C8H7F3O. The van der Waals surface area contributed by atoms with Gasteiger partial charge >= 0.3 is 6.18 Å². The number of alkyl halides is 3. The number of hydrogen-bond acceptors (Lipinski definition) is 1. The number of aliphatic hydroxyl groups excluding tert-OH is 1. The Kier molecular flexibility index (Phi) is 2.38. The van der Waals surface area contributed by atoms with Crippen LogP contribution in [0.4, 0.5) is 13.2 Å². The van der Waals surface area contributed by atoms with E-state index in [0.29, 0.717) is 0 Å². The van der Waals surface area contributed by atoms with Gasteiger partial charge in [-0.3, -0.25) is 0 Å². The molecule has 0 saturated heterocycles. The highest BCUT2D eigenvalue weighted by molar-refractivity contribution is 5.18. The van der Waals surface area contributed by atoms with Crippen molar-refractivity contribution in [3.8, 4) is 0 Å². The highest BCUT2D eigenvalue weighted by Gasteiger charge is 2.38. The molecule has 12 heavy (non-hydrogen) atoms. The third-order valence-electron chi connectivity index (χ3n) is 1.43. The van der Waals surface area contributed by atoms with Gasteiger partial charge in [0, 0.05) is 0 Å². The van der Waals surface area contributed by atoms with Gasteiger partial charge in [0.25, 0.3) is 0 Å². The number of halogens is 3. The first kappa shape index (κ1) is 9.06. The Labute approximate surface area is 67.5 Å². The second kappa shape index (κ2) is 3.15. The van der Waals surface area contributed by atoms with Gasteiger partial charge in [-0.2, -0.15) is 13.2 Å². The van der Waals surface area contributed by atoms with Crippen molar-refractivity contribution in [3.63, 3.8) is 0 Å². The van der Waals surface area contributed by atoms with Crippen molar-refractivity contribution < 1.29 is 18.3 Å². The van der Waals surface area contributed by atoms with Crippen molar-refractivity contribution in [2.75, 3.05) is 0 Å². The van der Waals surface area contributed by atoms with E-state index in [1.807, 2.05) is 0 Å². The van der Waals surface area contributed by atoms with Gasteiger partial charge in [-0.25, -0.2) is 0 Å². The standard InChI is InChI=1S/C8H7F3O/c9-8(10,11)7(12)6-4-2-1-3-5-6/h1-5,7,12H/t7-/m0/s1. The van der Waals surface area contributed by atoms with Gasteiger partial charge in [0.05, 0.1) is 0 Å². The average Bonchev–Trinajstić information content (AvgIpc) is 2.03. The summed E-state index contributed by atoms with van der Waals surface area (Å²) in [7, 11) is 0. The van der Waals surface area contributed by atoms with E-state index in [1.165, 1.54) is 24.3 Å². The van der Waals surface area contributed by atoms with Crippen LogP contribution in [0.1, 0.15) is 11.7 Å². The lowest BCUT2D eigenvalue weighted by Crippen LogP contribution is -2.19. The van der Waals surface area contributed by atoms with E-state index in [0.717, 1.165) is 0 Å². The maximum atomic E-state index is 11.9. The van der Waals surface area contributed by atoms with E-state index >= 15 is 0 Å². The lowest BCUT2D eigenvalue weighted by molar-refractivity contribution is -0.206. The highest BCUT2D eigenvalue weighted by atomic mass is 19.4. The predicted molar refractivity (Wildman–Crippen MR) is 37.5 cm³/mol. The normalized spacial score (nSPS) is 14.3. The van der Waals surface area contributed by atoms with Gasteiger partial charge < -0.3 is 5.11 Å². The summed E-state index contributed by atoms with van der Waals surface area (Å²) in [4.78, 5) is 0. The number of benzene rings is 1. The summed E-state index contributed by atoms with van der Waals surface area (Å²) in [6.07, 6.45) is -6.96. The monoisotopic (exact) mass is 176 g/mol. The number of rotatable bonds is 1. The van der Waals surface area contributed by atoms with E-state index < -0.39 is 12.3 Å². The van der Waals surface area contributed by atoms with Crippen LogP contribution in [0.25, 0.3) is 0 Å². The Balaban J connectivity index is 2.86. The van der Waals surface area contributed by atoms with E-state index in [-0.39, 0.29) is 5.56 Å². The van der Waals surface area contributed by atoms with Crippen LogP contribution in [-0.4, -0.2) is 11.3 Å². The van der Waals surface area contributed by atoms with Crippen molar-refractivity contribution in [1.82, 2.24) is 0 Å². The Morgan fingerprint density at radius 1 is 1.08 bits per heavy atom. The van der Waals surface area contributed by atoms with Gasteiger partial charge in [0.1, 0.15) is 0 Å². The van der Waals surface area contributed by atoms with Gasteiger partial charge in [-0.1, -0.05) is 30.3 Å². The topological polar surface area (TPSA) is 20.2 Å². The molecule has 1 rings (SSSR count). The SMILES string of the molecule is O[C@@H](c1ccccc1)C(F)(F)F. The van der Waals surface area contributed by atoms with Crippen LogP contribution in [0, 0.1) is 0 Å². The van der Waals surface area contributed by atoms with Gasteiger partial charge in [0.2, 0.25) is 0 Å². The first-order chi connectivity index (χ1) is 5.52. The zero-order valence-electron chi connectivity index (χ0n) is 6.05. The molecule has 1 aromatic carbocycles. The van der Waals surface area contributed by atoms with Crippen LogP contribution in [0.15, 0.2) is 30.3 Å². The third kappa shape index (κ3) is 1.98. The molecule has 0 unspecified atom stereocenters. The second-order valence-electron chi connectivity index (χ2n) is 2.35. The maximum absolute atomic E-state index is 11.9. The summed E-state index contributed by atoms with van der Waals surface area (Å²) < 4.78 is 35.7. The van der Waals surface area contributed by atoms with Crippen LogP contribution < -0.4 is 0 Å². The minimum atomic E-state index is -4.58. The second-order valence-corrected chi connectivity index (χ2v) is 2.35. The summed E-state index contributed by atoms with van der Waals surface area (Å²) in [6.45, 7) is 0. The first-order valence-corrected chi connectivity index (χ1v) is 3.31. The molecule has 0 radical (unpaired) electrons. The molecule has 0 saturated carbocycles. The summed E-state index contributed by atoms with van der Waals surface area (Å²) in [5, 5.41) is 8.73. The molecule has 66 valence electrons. The third-order valence-corrected chi connectivity index (χ3v) is 1.43. The van der Waals surface area contributed by atoms with Crippen molar-refractivity contribution >= 4 is 0 Å². The molecule has 0 spiro atoms. The van der Waals surface area contributed by atoms with E-state index in [1.54, 1.807) is 6.07 Å². The molecule has 0 aliphatic carbocycles. The summed E-state index contributed by atoms with van der Waals surface area (Å²) in [5.74, 6) is 0. The zero-order chi connectivity index (χ0) is 9.19. The van der Waals surface area contributed by atoms with E-state index in [4.69, 9.17) is 5.11 Å². The maximum Gasteiger partial charge on any atom is 0.418 e. The molecule has 0 heterocycles. The molecule has 0 amide bonds. The highest BCUT2D eigenvalue weighted by Crippen LogP contribution is 2.31. The van der Waals surface area contributed by atoms with Gasteiger partial charge in [-0.15, -0.1) is 0 Å². The molecule has 0 aromatic heterocycles. The van der Waals surface area contributed by atoms with Crippen molar-refractivity contribution in [1.29, 1.82) is 0 Å². The minimum absolute atomic E-state index is 0.134. The van der Waals surface area contributed by atoms with Crippen molar-refractivity contribution in [2.24, 2.45) is 0 Å². The van der Waals surface area contributed by atoms with Crippen LogP contribution in [0.3, 0.4) is 0 Å². The Bertz CT molecular complexity index is 242. The Morgan fingerprint density at radius 3 is 2.00 bits per heavy atom. The van der Waals surface area contributed by atoms with E-state index in [2.05, 4.69) is 0 Å². The first-order valence-electron chi connectivity index (χ1n) is 3.31. The molecule has 1 nitrogen and oxygen atoms in total. The number of hydrogen-bond donors (Lipinski definition) is 1. The lowest BCUT2D eigenvalue weighted by atomic mass is 10.1. The largest absolute Gasteiger partial charge is 0.418 e. The van der Waals surface area contributed by atoms with Crippen LogP contribution in [0.5, 0.6) is 0 Å². The molecule has 4 heteroatoms. The van der Waals surface area contributed by atoms with Crippen LogP contribution in [-0.2, 0) is 0 Å². The molecule has 0 aliphatic rings. The summed E-state index contributed by atoms with van der Waals surface area (Å²) in [6, 6.07) is 6.96. The van der Waals surface area contributed by atoms with Crippen LogP contribution in [0.2, 0.25) is 0 Å². The molecule has 0 fully saturated rings. The number of aliphatic hydroxyl groups is 1. The Morgan fingerprint density at radius 2 is 1.58 bits per heavy atom. The van der Waals surface area contributed by atoms with Crippen molar-refractivity contribution in [2.45, 2.75) is 12.3 Å². The quantitative estimate of drug-likeness (QED) is 0.695. The minimum Gasteiger partial charge on any atom is -0.379 e. The fourth-order valence-electron chi connectivity index (χ4n) is 0.824. The molecule has 1 atom stereocenters. The van der Waals surface area contributed by atoms with Crippen molar-refractivity contribution in [3.05, 3.63) is 35.9 Å². The molecule has 1 N–H and O–H groups in total. The lowest BCUT2D eigenvalue weighted by Gasteiger charge is -2.13. The van der Waals surface area contributed by atoms with Gasteiger partial charge in [-0.05, 0) is 5.56 Å². The average molecular weight is 176 g/mol. The summed E-state index contributed by atoms with van der Waals surface area (Å²) >= 11 is 0. The predicted octanol–water partition coefficient (Wildman–Crippen LogP) is 2.28. The fourth-order valence-corrected chi connectivity index (χ4v) is 0.824. The summed E-state index contributed by atoms with van der Waals surface area (Å²) in [5.41, 5.74) is -0.134.